The third-order valence-corrected chi connectivity index (χ3v) is 3.82. The predicted molar refractivity (Wildman–Crippen MR) is 57.9 cm³/mol. The van der Waals surface area contributed by atoms with E-state index in [1.807, 2.05) is 0 Å². The Labute approximate surface area is 92.9 Å². The number of benzene rings is 1. The quantitative estimate of drug-likeness (QED) is 0.842. The van der Waals surface area contributed by atoms with Gasteiger partial charge in [-0.1, -0.05) is 17.8 Å². The molecule has 2 rings (SSSR count). The number of carboxylic acids is 1. The van der Waals surface area contributed by atoms with Crippen molar-refractivity contribution in [3.63, 3.8) is 0 Å². The molecule has 0 radical (unpaired) electrons. The van der Waals surface area contributed by atoms with Gasteiger partial charge in [0, 0.05) is 0 Å². The van der Waals surface area contributed by atoms with Crippen LogP contribution in [0.1, 0.15) is 0 Å². The number of halogens is 1. The first-order valence-corrected chi connectivity index (χ1v) is 5.86. The van der Waals surface area contributed by atoms with E-state index in [9.17, 15) is 9.18 Å². The standard InChI is InChI=1S/C9H6FNO2S2/c10-5-2-1-3-6-8(5)11-9(15-6)14-4-7(12)13/h1-3H,4H2,(H,12,13). The number of hydrogen-bond donors (Lipinski definition) is 1. The van der Waals surface area contributed by atoms with Crippen molar-refractivity contribution < 1.29 is 14.3 Å². The van der Waals surface area contributed by atoms with Crippen LogP contribution in [0.2, 0.25) is 0 Å². The van der Waals surface area contributed by atoms with Crippen LogP contribution in [0.5, 0.6) is 0 Å². The lowest BCUT2D eigenvalue weighted by atomic mass is 10.3. The highest BCUT2D eigenvalue weighted by atomic mass is 32.2. The van der Waals surface area contributed by atoms with E-state index in [-0.39, 0.29) is 11.6 Å². The Morgan fingerprint density at radius 3 is 3.07 bits per heavy atom. The van der Waals surface area contributed by atoms with Crippen molar-refractivity contribution >= 4 is 39.3 Å². The van der Waals surface area contributed by atoms with E-state index in [2.05, 4.69) is 4.98 Å². The van der Waals surface area contributed by atoms with E-state index in [0.29, 0.717) is 9.86 Å². The molecule has 1 aromatic heterocycles. The van der Waals surface area contributed by atoms with Crippen molar-refractivity contribution in [2.75, 3.05) is 5.75 Å². The molecule has 0 amide bonds. The van der Waals surface area contributed by atoms with Crippen LogP contribution in [0, 0.1) is 5.82 Å². The Hall–Kier alpha value is -1.14. The topological polar surface area (TPSA) is 50.2 Å². The summed E-state index contributed by atoms with van der Waals surface area (Å²) in [5, 5.41) is 8.49. The fraction of sp³-hybridized carbons (Fsp3) is 0.111. The summed E-state index contributed by atoms with van der Waals surface area (Å²) < 4.78 is 14.5. The summed E-state index contributed by atoms with van der Waals surface area (Å²) in [6.07, 6.45) is 0. The minimum absolute atomic E-state index is 0.0541. The molecule has 0 saturated carbocycles. The molecule has 0 atom stereocenters. The second-order valence-corrected chi connectivity index (χ2v) is 5.00. The van der Waals surface area contributed by atoms with Crippen molar-refractivity contribution in [3.8, 4) is 0 Å². The monoisotopic (exact) mass is 243 g/mol. The molecule has 2 aromatic rings. The Morgan fingerprint density at radius 2 is 2.40 bits per heavy atom. The normalized spacial score (nSPS) is 10.7. The highest BCUT2D eigenvalue weighted by molar-refractivity contribution is 8.01. The minimum atomic E-state index is -0.903. The summed E-state index contributed by atoms with van der Waals surface area (Å²) >= 11 is 2.41. The maximum Gasteiger partial charge on any atom is 0.313 e. The smallest absolute Gasteiger partial charge is 0.313 e. The maximum absolute atomic E-state index is 13.2. The second-order valence-electron chi connectivity index (χ2n) is 2.75. The summed E-state index contributed by atoms with van der Waals surface area (Å²) in [6, 6.07) is 4.72. The van der Waals surface area contributed by atoms with Crippen LogP contribution in [0.25, 0.3) is 10.2 Å². The van der Waals surface area contributed by atoms with E-state index < -0.39 is 5.97 Å². The van der Waals surface area contributed by atoms with E-state index in [1.54, 1.807) is 12.1 Å². The van der Waals surface area contributed by atoms with Gasteiger partial charge < -0.3 is 5.11 Å². The number of carbonyl (C=O) groups is 1. The van der Waals surface area contributed by atoms with E-state index in [4.69, 9.17) is 5.11 Å². The minimum Gasteiger partial charge on any atom is -0.481 e. The average molecular weight is 243 g/mol. The van der Waals surface area contributed by atoms with E-state index in [0.717, 1.165) is 16.5 Å². The highest BCUT2D eigenvalue weighted by Crippen LogP contribution is 2.30. The van der Waals surface area contributed by atoms with Gasteiger partial charge in [0.2, 0.25) is 0 Å². The van der Waals surface area contributed by atoms with Gasteiger partial charge in [0.05, 0.1) is 10.5 Å². The number of fused-ring (bicyclic) bond motifs is 1. The zero-order chi connectivity index (χ0) is 10.8. The molecule has 78 valence electrons. The zero-order valence-corrected chi connectivity index (χ0v) is 9.07. The van der Waals surface area contributed by atoms with Crippen LogP contribution in [0.3, 0.4) is 0 Å². The maximum atomic E-state index is 13.2. The number of thioether (sulfide) groups is 1. The molecule has 15 heavy (non-hydrogen) atoms. The summed E-state index contributed by atoms with van der Waals surface area (Å²) in [4.78, 5) is 14.4. The van der Waals surface area contributed by atoms with Gasteiger partial charge in [-0.2, -0.15) is 0 Å². The summed E-state index contributed by atoms with van der Waals surface area (Å²) in [5.41, 5.74) is 0.315. The van der Waals surface area contributed by atoms with Gasteiger partial charge in [0.25, 0.3) is 0 Å². The summed E-state index contributed by atoms with van der Waals surface area (Å²) in [6.45, 7) is 0. The van der Waals surface area contributed by atoms with Gasteiger partial charge in [-0.15, -0.1) is 11.3 Å². The zero-order valence-electron chi connectivity index (χ0n) is 7.44. The molecule has 0 aliphatic heterocycles. The van der Waals surface area contributed by atoms with E-state index in [1.165, 1.54) is 17.4 Å². The number of rotatable bonds is 3. The molecule has 0 aliphatic rings. The molecule has 3 nitrogen and oxygen atoms in total. The number of hydrogen-bond acceptors (Lipinski definition) is 4. The van der Waals surface area contributed by atoms with Gasteiger partial charge in [0.1, 0.15) is 11.3 Å². The molecule has 0 unspecified atom stereocenters. The predicted octanol–water partition coefficient (Wildman–Crippen LogP) is 2.61. The van der Waals surface area contributed by atoms with Crippen LogP contribution < -0.4 is 0 Å². The fourth-order valence-corrected chi connectivity index (χ4v) is 2.88. The summed E-state index contributed by atoms with van der Waals surface area (Å²) in [5.74, 6) is -1.33. The first-order valence-electron chi connectivity index (χ1n) is 4.06. The van der Waals surface area contributed by atoms with Crippen molar-refractivity contribution in [2.45, 2.75) is 4.34 Å². The number of carboxylic acid groups (broad SMARTS) is 1. The van der Waals surface area contributed by atoms with Crippen LogP contribution in [-0.4, -0.2) is 21.8 Å². The van der Waals surface area contributed by atoms with Gasteiger partial charge in [-0.3, -0.25) is 4.79 Å². The Kier molecular flexibility index (Phi) is 2.88. The number of thiazole rings is 1. The van der Waals surface area contributed by atoms with Crippen molar-refractivity contribution in [2.24, 2.45) is 0 Å². The Morgan fingerprint density at radius 1 is 1.60 bits per heavy atom. The van der Waals surface area contributed by atoms with Crippen LogP contribution in [0.4, 0.5) is 4.39 Å². The molecule has 0 fully saturated rings. The molecule has 0 aliphatic carbocycles. The van der Waals surface area contributed by atoms with Crippen molar-refractivity contribution in [1.29, 1.82) is 0 Å². The molecule has 6 heteroatoms. The third kappa shape index (κ3) is 2.27. The van der Waals surface area contributed by atoms with Crippen molar-refractivity contribution in [1.82, 2.24) is 4.98 Å². The molecule has 1 aromatic carbocycles. The van der Waals surface area contributed by atoms with Gasteiger partial charge >= 0.3 is 5.97 Å². The number of aliphatic carboxylic acids is 1. The van der Waals surface area contributed by atoms with Crippen LogP contribution in [0.15, 0.2) is 22.5 Å². The first-order chi connectivity index (χ1) is 7.16. The van der Waals surface area contributed by atoms with Gasteiger partial charge in [0.15, 0.2) is 4.34 Å². The van der Waals surface area contributed by atoms with Crippen molar-refractivity contribution in [3.05, 3.63) is 24.0 Å². The third-order valence-electron chi connectivity index (χ3n) is 1.67. The molecular formula is C9H6FNO2S2. The lowest BCUT2D eigenvalue weighted by Crippen LogP contribution is -1.96. The lowest BCUT2D eigenvalue weighted by molar-refractivity contribution is -0.133. The molecule has 0 saturated heterocycles. The number of aromatic nitrogens is 1. The summed E-state index contributed by atoms with van der Waals surface area (Å²) in [7, 11) is 0. The van der Waals surface area contributed by atoms with Crippen LogP contribution >= 0.6 is 23.1 Å². The number of nitrogens with zero attached hydrogens (tertiary/aromatic N) is 1. The lowest BCUT2D eigenvalue weighted by Gasteiger charge is -1.89. The average Bonchev–Trinajstić information content (AvgIpc) is 2.59. The SMILES string of the molecule is O=C(O)CSc1nc2c(F)cccc2s1. The Balaban J connectivity index is 2.31. The van der Waals surface area contributed by atoms with Crippen LogP contribution in [-0.2, 0) is 4.79 Å². The highest BCUT2D eigenvalue weighted by Gasteiger charge is 2.09. The van der Waals surface area contributed by atoms with E-state index >= 15 is 0 Å². The fourth-order valence-electron chi connectivity index (χ4n) is 1.08. The molecule has 1 N–H and O–H groups in total. The molecule has 0 bridgehead atoms. The first kappa shape index (κ1) is 10.4. The van der Waals surface area contributed by atoms with Gasteiger partial charge in [-0.05, 0) is 12.1 Å². The molecule has 1 heterocycles. The molecular weight excluding hydrogens is 237 g/mol. The Bertz CT molecular complexity index is 512. The second kappa shape index (κ2) is 4.16. The van der Waals surface area contributed by atoms with Gasteiger partial charge in [-0.25, -0.2) is 9.37 Å². The molecule has 0 spiro atoms. The largest absolute Gasteiger partial charge is 0.481 e. The number of para-hydroxylation sites is 1.